The van der Waals surface area contributed by atoms with Gasteiger partial charge in [0, 0.05) is 23.4 Å². The zero-order valence-electron chi connectivity index (χ0n) is 11.2. The van der Waals surface area contributed by atoms with E-state index >= 15 is 0 Å². The summed E-state index contributed by atoms with van der Waals surface area (Å²) >= 11 is 7.71. The average Bonchev–Trinajstić information content (AvgIpc) is 2.44. The van der Waals surface area contributed by atoms with Gasteiger partial charge in [-0.05, 0) is 18.6 Å². The van der Waals surface area contributed by atoms with Crippen LogP contribution in [0.2, 0.25) is 5.02 Å². The molecule has 6 heteroatoms. The number of thioether (sulfide) groups is 1. The highest BCUT2D eigenvalue weighted by atomic mass is 35.5. The molecule has 1 heterocycles. The highest BCUT2D eigenvalue weighted by Gasteiger charge is 2.05. The van der Waals surface area contributed by atoms with Gasteiger partial charge in [-0.15, -0.1) is 11.8 Å². The number of rotatable bonds is 6. The van der Waals surface area contributed by atoms with Crippen molar-refractivity contribution in [3.63, 3.8) is 0 Å². The molecule has 0 atom stereocenters. The third-order valence-electron chi connectivity index (χ3n) is 2.54. The molecule has 0 aliphatic heterocycles. The summed E-state index contributed by atoms with van der Waals surface area (Å²) in [6.07, 6.45) is 0. The van der Waals surface area contributed by atoms with Crippen LogP contribution in [0.1, 0.15) is 18.3 Å². The fraction of sp³-hybridized carbons (Fsp3) is 0.286. The van der Waals surface area contributed by atoms with E-state index in [-0.39, 0.29) is 0 Å². The number of halogens is 1. The monoisotopic (exact) mass is 309 g/mol. The Balaban J connectivity index is 2.05. The van der Waals surface area contributed by atoms with Crippen LogP contribution in [-0.4, -0.2) is 16.6 Å². The third kappa shape index (κ3) is 4.37. The van der Waals surface area contributed by atoms with Gasteiger partial charge in [0.1, 0.15) is 17.5 Å². The van der Waals surface area contributed by atoms with E-state index < -0.39 is 0 Å². The molecule has 2 rings (SSSR count). The minimum atomic E-state index is 0.376. The SMILES string of the molecule is CCOCc1nc(N)cc(SCc2ccccc2Cl)n1. The van der Waals surface area contributed by atoms with Gasteiger partial charge in [-0.3, -0.25) is 0 Å². The Morgan fingerprint density at radius 2 is 2.10 bits per heavy atom. The van der Waals surface area contributed by atoms with Gasteiger partial charge in [-0.25, -0.2) is 9.97 Å². The summed E-state index contributed by atoms with van der Waals surface area (Å²) in [7, 11) is 0. The number of nitrogen functional groups attached to an aromatic ring is 1. The number of anilines is 1. The first kappa shape index (κ1) is 15.1. The fourth-order valence-corrected chi connectivity index (χ4v) is 2.80. The average molecular weight is 310 g/mol. The van der Waals surface area contributed by atoms with Crippen molar-refractivity contribution in [2.75, 3.05) is 12.3 Å². The van der Waals surface area contributed by atoms with Crippen molar-refractivity contribution < 1.29 is 4.74 Å². The van der Waals surface area contributed by atoms with Gasteiger partial charge in [0.2, 0.25) is 0 Å². The largest absolute Gasteiger partial charge is 0.384 e. The van der Waals surface area contributed by atoms with Crippen molar-refractivity contribution in [2.45, 2.75) is 24.3 Å². The zero-order chi connectivity index (χ0) is 14.4. The number of benzene rings is 1. The second-order valence-corrected chi connectivity index (χ2v) is 5.47. The van der Waals surface area contributed by atoms with Crippen LogP contribution in [0.4, 0.5) is 5.82 Å². The lowest BCUT2D eigenvalue weighted by molar-refractivity contribution is 0.128. The number of ether oxygens (including phenoxy) is 1. The summed E-state index contributed by atoms with van der Waals surface area (Å²) < 4.78 is 5.30. The molecule has 0 saturated heterocycles. The molecule has 0 radical (unpaired) electrons. The van der Waals surface area contributed by atoms with E-state index in [0.29, 0.717) is 24.9 Å². The van der Waals surface area contributed by atoms with Crippen molar-refractivity contribution in [1.29, 1.82) is 0 Å². The molecule has 0 saturated carbocycles. The Kier molecular flexibility index (Phi) is 5.64. The second-order valence-electron chi connectivity index (χ2n) is 4.06. The number of hydrogen-bond acceptors (Lipinski definition) is 5. The minimum Gasteiger partial charge on any atom is -0.384 e. The first-order valence-electron chi connectivity index (χ1n) is 6.26. The summed E-state index contributed by atoms with van der Waals surface area (Å²) in [5.41, 5.74) is 6.86. The van der Waals surface area contributed by atoms with Gasteiger partial charge in [0.05, 0.1) is 0 Å². The number of nitrogens with zero attached hydrogens (tertiary/aromatic N) is 2. The maximum absolute atomic E-state index is 6.13. The zero-order valence-corrected chi connectivity index (χ0v) is 12.7. The van der Waals surface area contributed by atoms with Crippen LogP contribution >= 0.6 is 23.4 Å². The highest BCUT2D eigenvalue weighted by molar-refractivity contribution is 7.98. The summed E-state index contributed by atoms with van der Waals surface area (Å²) in [4.78, 5) is 8.57. The summed E-state index contributed by atoms with van der Waals surface area (Å²) in [6, 6.07) is 9.53. The smallest absolute Gasteiger partial charge is 0.157 e. The van der Waals surface area contributed by atoms with E-state index in [2.05, 4.69) is 9.97 Å². The second kappa shape index (κ2) is 7.47. The molecular formula is C14H16ClN3OS. The molecule has 0 spiro atoms. The van der Waals surface area contributed by atoms with Gasteiger partial charge in [-0.1, -0.05) is 29.8 Å². The Hall–Kier alpha value is -1.30. The Morgan fingerprint density at radius 1 is 1.30 bits per heavy atom. The van der Waals surface area contributed by atoms with Crippen LogP contribution in [-0.2, 0) is 17.1 Å². The van der Waals surface area contributed by atoms with E-state index in [4.69, 9.17) is 22.1 Å². The van der Waals surface area contributed by atoms with E-state index in [1.165, 1.54) is 0 Å². The van der Waals surface area contributed by atoms with Gasteiger partial charge >= 0.3 is 0 Å². The predicted octanol–water partition coefficient (Wildman–Crippen LogP) is 3.54. The van der Waals surface area contributed by atoms with Crippen molar-refractivity contribution in [1.82, 2.24) is 9.97 Å². The van der Waals surface area contributed by atoms with Gasteiger partial charge < -0.3 is 10.5 Å². The van der Waals surface area contributed by atoms with E-state index in [0.717, 1.165) is 21.4 Å². The summed E-state index contributed by atoms with van der Waals surface area (Å²) in [5, 5.41) is 1.59. The lowest BCUT2D eigenvalue weighted by Gasteiger charge is -2.06. The maximum Gasteiger partial charge on any atom is 0.157 e. The molecule has 0 unspecified atom stereocenters. The molecule has 106 valence electrons. The van der Waals surface area contributed by atoms with Gasteiger partial charge in [0.25, 0.3) is 0 Å². The molecule has 0 bridgehead atoms. The number of aromatic nitrogens is 2. The Bertz CT molecular complexity index is 580. The van der Waals surface area contributed by atoms with Gasteiger partial charge in [0.15, 0.2) is 5.82 Å². The van der Waals surface area contributed by atoms with Crippen LogP contribution in [0.5, 0.6) is 0 Å². The van der Waals surface area contributed by atoms with Crippen LogP contribution < -0.4 is 5.73 Å². The molecule has 0 amide bonds. The molecular weight excluding hydrogens is 294 g/mol. The van der Waals surface area contributed by atoms with Crippen LogP contribution in [0.15, 0.2) is 35.4 Å². The summed E-state index contributed by atoms with van der Waals surface area (Å²) in [6.45, 7) is 2.93. The molecule has 1 aromatic carbocycles. The van der Waals surface area contributed by atoms with E-state index in [1.54, 1.807) is 17.8 Å². The molecule has 0 aliphatic carbocycles. The van der Waals surface area contributed by atoms with Crippen LogP contribution in [0, 0.1) is 0 Å². The molecule has 0 aliphatic rings. The maximum atomic E-state index is 6.13. The lowest BCUT2D eigenvalue weighted by atomic mass is 10.2. The van der Waals surface area contributed by atoms with Crippen LogP contribution in [0.25, 0.3) is 0 Å². The molecule has 4 nitrogen and oxygen atoms in total. The van der Waals surface area contributed by atoms with E-state index in [9.17, 15) is 0 Å². The standard InChI is InChI=1S/C14H16ClN3OS/c1-2-19-8-13-17-12(16)7-14(18-13)20-9-10-5-3-4-6-11(10)15/h3-7H,2,8-9H2,1H3,(H2,16,17,18). The normalized spacial score (nSPS) is 10.7. The molecule has 1 aromatic heterocycles. The predicted molar refractivity (Wildman–Crippen MR) is 82.8 cm³/mol. The van der Waals surface area contributed by atoms with Crippen LogP contribution in [0.3, 0.4) is 0 Å². The third-order valence-corrected chi connectivity index (χ3v) is 3.87. The highest BCUT2D eigenvalue weighted by Crippen LogP contribution is 2.26. The van der Waals surface area contributed by atoms with Crippen molar-refractivity contribution in [3.05, 3.63) is 46.7 Å². The van der Waals surface area contributed by atoms with Crippen molar-refractivity contribution >= 4 is 29.2 Å². The first-order valence-corrected chi connectivity index (χ1v) is 7.62. The minimum absolute atomic E-state index is 0.376. The van der Waals surface area contributed by atoms with Crippen molar-refractivity contribution in [2.24, 2.45) is 0 Å². The molecule has 0 fully saturated rings. The quantitative estimate of drug-likeness (QED) is 0.653. The molecule has 2 aromatic rings. The first-order chi connectivity index (χ1) is 9.69. The fourth-order valence-electron chi connectivity index (χ4n) is 1.59. The number of nitrogens with two attached hydrogens (primary N) is 1. The van der Waals surface area contributed by atoms with Gasteiger partial charge in [-0.2, -0.15) is 0 Å². The Labute approximate surface area is 127 Å². The topological polar surface area (TPSA) is 61.0 Å². The Morgan fingerprint density at radius 3 is 2.85 bits per heavy atom. The molecule has 20 heavy (non-hydrogen) atoms. The molecule has 2 N–H and O–H groups in total. The van der Waals surface area contributed by atoms with Crippen molar-refractivity contribution in [3.8, 4) is 0 Å². The number of hydrogen-bond donors (Lipinski definition) is 1. The lowest BCUT2D eigenvalue weighted by Crippen LogP contribution is -2.03. The summed E-state index contributed by atoms with van der Waals surface area (Å²) in [5.74, 6) is 1.80. The van der Waals surface area contributed by atoms with E-state index in [1.807, 2.05) is 31.2 Å².